The second kappa shape index (κ2) is 8.95. The van der Waals surface area contributed by atoms with Crippen molar-refractivity contribution in [2.45, 2.75) is 39.2 Å². The summed E-state index contributed by atoms with van der Waals surface area (Å²) in [5, 5.41) is 0. The van der Waals surface area contributed by atoms with E-state index < -0.39 is 0 Å². The SMILES string of the molecule is CCC(N)COCCCCOc1ccc(C)cc1. The van der Waals surface area contributed by atoms with Gasteiger partial charge in [-0.3, -0.25) is 0 Å². The zero-order chi connectivity index (χ0) is 13.2. The van der Waals surface area contributed by atoms with Crippen LogP contribution in [0.5, 0.6) is 5.75 Å². The first-order chi connectivity index (χ1) is 8.72. The van der Waals surface area contributed by atoms with Crippen LogP contribution >= 0.6 is 0 Å². The fourth-order valence-electron chi connectivity index (χ4n) is 1.48. The Kier molecular flexibility index (Phi) is 7.46. The molecular weight excluding hydrogens is 226 g/mol. The largest absolute Gasteiger partial charge is 0.494 e. The number of unbranched alkanes of at least 4 members (excludes halogenated alkanes) is 1. The number of hydrogen-bond acceptors (Lipinski definition) is 3. The van der Waals surface area contributed by atoms with Crippen LogP contribution in [0.4, 0.5) is 0 Å². The van der Waals surface area contributed by atoms with Gasteiger partial charge in [0.05, 0.1) is 13.2 Å². The highest BCUT2D eigenvalue weighted by molar-refractivity contribution is 5.26. The third-order valence-corrected chi connectivity index (χ3v) is 2.83. The molecule has 3 heteroatoms. The lowest BCUT2D eigenvalue weighted by molar-refractivity contribution is 0.113. The predicted octanol–water partition coefficient (Wildman–Crippen LogP) is 2.91. The monoisotopic (exact) mass is 251 g/mol. The maximum Gasteiger partial charge on any atom is 0.119 e. The molecule has 102 valence electrons. The fraction of sp³-hybridized carbons (Fsp3) is 0.600. The lowest BCUT2D eigenvalue weighted by Gasteiger charge is -2.10. The van der Waals surface area contributed by atoms with E-state index in [0.717, 1.165) is 38.2 Å². The first kappa shape index (κ1) is 15.0. The second-order valence-corrected chi connectivity index (χ2v) is 4.61. The number of nitrogens with two attached hydrogens (primary N) is 1. The van der Waals surface area contributed by atoms with Crippen molar-refractivity contribution in [2.24, 2.45) is 5.73 Å². The van der Waals surface area contributed by atoms with Gasteiger partial charge in [0.25, 0.3) is 0 Å². The smallest absolute Gasteiger partial charge is 0.119 e. The van der Waals surface area contributed by atoms with Crippen LogP contribution in [0.25, 0.3) is 0 Å². The Morgan fingerprint density at radius 2 is 1.78 bits per heavy atom. The molecule has 1 aromatic carbocycles. The van der Waals surface area contributed by atoms with Crippen LogP contribution in [-0.2, 0) is 4.74 Å². The molecule has 0 heterocycles. The summed E-state index contributed by atoms with van der Waals surface area (Å²) in [7, 11) is 0. The lowest BCUT2D eigenvalue weighted by atomic mass is 10.2. The Hall–Kier alpha value is -1.06. The Labute approximate surface area is 110 Å². The summed E-state index contributed by atoms with van der Waals surface area (Å²) < 4.78 is 11.1. The van der Waals surface area contributed by atoms with Crippen LogP contribution in [0, 0.1) is 6.92 Å². The topological polar surface area (TPSA) is 44.5 Å². The van der Waals surface area contributed by atoms with E-state index in [9.17, 15) is 0 Å². The van der Waals surface area contributed by atoms with Gasteiger partial charge in [0, 0.05) is 12.6 Å². The summed E-state index contributed by atoms with van der Waals surface area (Å²) in [5.41, 5.74) is 7.01. The van der Waals surface area contributed by atoms with Crippen molar-refractivity contribution in [2.75, 3.05) is 19.8 Å². The molecule has 1 rings (SSSR count). The molecule has 1 atom stereocenters. The summed E-state index contributed by atoms with van der Waals surface area (Å²) in [4.78, 5) is 0. The van der Waals surface area contributed by atoms with E-state index >= 15 is 0 Å². The summed E-state index contributed by atoms with van der Waals surface area (Å²) in [6.45, 7) is 6.32. The van der Waals surface area contributed by atoms with Crippen LogP contribution < -0.4 is 10.5 Å². The maximum atomic E-state index is 5.75. The summed E-state index contributed by atoms with van der Waals surface area (Å²) in [6.07, 6.45) is 2.99. The van der Waals surface area contributed by atoms with E-state index in [2.05, 4.69) is 26.0 Å². The molecule has 0 aliphatic carbocycles. The van der Waals surface area contributed by atoms with Gasteiger partial charge >= 0.3 is 0 Å². The number of benzene rings is 1. The van der Waals surface area contributed by atoms with Gasteiger partial charge in [-0.15, -0.1) is 0 Å². The average Bonchev–Trinajstić information content (AvgIpc) is 2.39. The summed E-state index contributed by atoms with van der Waals surface area (Å²) >= 11 is 0. The van der Waals surface area contributed by atoms with Crippen LogP contribution in [0.2, 0.25) is 0 Å². The zero-order valence-electron chi connectivity index (χ0n) is 11.5. The lowest BCUT2D eigenvalue weighted by Crippen LogP contribution is -2.25. The van der Waals surface area contributed by atoms with Crippen molar-refractivity contribution >= 4 is 0 Å². The van der Waals surface area contributed by atoms with Crippen LogP contribution in [0.15, 0.2) is 24.3 Å². The van der Waals surface area contributed by atoms with Gasteiger partial charge in [0.15, 0.2) is 0 Å². The van der Waals surface area contributed by atoms with Gasteiger partial charge in [0.1, 0.15) is 5.75 Å². The highest BCUT2D eigenvalue weighted by atomic mass is 16.5. The van der Waals surface area contributed by atoms with Crippen molar-refractivity contribution in [1.82, 2.24) is 0 Å². The van der Waals surface area contributed by atoms with Crippen molar-refractivity contribution in [3.63, 3.8) is 0 Å². The van der Waals surface area contributed by atoms with Crippen molar-refractivity contribution in [3.05, 3.63) is 29.8 Å². The van der Waals surface area contributed by atoms with Crippen molar-refractivity contribution < 1.29 is 9.47 Å². The Balaban J connectivity index is 1.97. The summed E-state index contributed by atoms with van der Waals surface area (Å²) in [5.74, 6) is 0.939. The molecule has 0 fully saturated rings. The highest BCUT2D eigenvalue weighted by Crippen LogP contribution is 2.11. The third-order valence-electron chi connectivity index (χ3n) is 2.83. The highest BCUT2D eigenvalue weighted by Gasteiger charge is 1.98. The third kappa shape index (κ3) is 6.62. The van der Waals surface area contributed by atoms with Gasteiger partial charge in [-0.05, 0) is 38.3 Å². The van der Waals surface area contributed by atoms with Crippen LogP contribution in [-0.4, -0.2) is 25.9 Å². The van der Waals surface area contributed by atoms with E-state index in [1.807, 2.05) is 12.1 Å². The summed E-state index contributed by atoms with van der Waals surface area (Å²) in [6, 6.07) is 8.31. The number of hydrogen-bond donors (Lipinski definition) is 1. The van der Waals surface area contributed by atoms with Crippen molar-refractivity contribution in [3.8, 4) is 5.75 Å². The molecule has 18 heavy (non-hydrogen) atoms. The van der Waals surface area contributed by atoms with E-state index in [1.54, 1.807) is 0 Å². The molecule has 0 aliphatic heterocycles. The quantitative estimate of drug-likeness (QED) is 0.686. The molecule has 0 aliphatic rings. The molecule has 0 spiro atoms. The molecule has 2 N–H and O–H groups in total. The average molecular weight is 251 g/mol. The molecule has 3 nitrogen and oxygen atoms in total. The first-order valence-corrected chi connectivity index (χ1v) is 6.75. The molecule has 1 unspecified atom stereocenters. The van der Waals surface area contributed by atoms with E-state index in [4.69, 9.17) is 15.2 Å². The zero-order valence-corrected chi connectivity index (χ0v) is 11.5. The maximum absolute atomic E-state index is 5.75. The Morgan fingerprint density at radius 1 is 1.11 bits per heavy atom. The van der Waals surface area contributed by atoms with E-state index in [-0.39, 0.29) is 6.04 Å². The van der Waals surface area contributed by atoms with Gasteiger partial charge in [-0.25, -0.2) is 0 Å². The van der Waals surface area contributed by atoms with Gasteiger partial charge in [-0.2, -0.15) is 0 Å². The standard InChI is InChI=1S/C15H25NO2/c1-3-14(16)12-17-10-4-5-11-18-15-8-6-13(2)7-9-15/h6-9,14H,3-5,10-12,16H2,1-2H3. The molecule has 1 aromatic rings. The molecule has 0 saturated heterocycles. The Morgan fingerprint density at radius 3 is 2.44 bits per heavy atom. The molecule has 0 amide bonds. The minimum Gasteiger partial charge on any atom is -0.494 e. The molecule has 0 aromatic heterocycles. The van der Waals surface area contributed by atoms with Crippen LogP contribution in [0.1, 0.15) is 31.7 Å². The van der Waals surface area contributed by atoms with Crippen molar-refractivity contribution in [1.29, 1.82) is 0 Å². The van der Waals surface area contributed by atoms with Gasteiger partial charge in [0.2, 0.25) is 0 Å². The predicted molar refractivity (Wildman–Crippen MR) is 75.0 cm³/mol. The van der Waals surface area contributed by atoms with E-state index in [1.165, 1.54) is 5.56 Å². The molecular formula is C15H25NO2. The first-order valence-electron chi connectivity index (χ1n) is 6.75. The molecule has 0 radical (unpaired) electrons. The minimum atomic E-state index is 0.175. The normalized spacial score (nSPS) is 12.4. The fourth-order valence-corrected chi connectivity index (χ4v) is 1.48. The second-order valence-electron chi connectivity index (χ2n) is 4.61. The molecule has 0 saturated carbocycles. The van der Waals surface area contributed by atoms with Gasteiger partial charge in [-0.1, -0.05) is 24.6 Å². The van der Waals surface area contributed by atoms with E-state index in [0.29, 0.717) is 6.61 Å². The molecule has 0 bridgehead atoms. The Bertz CT molecular complexity index is 311. The van der Waals surface area contributed by atoms with Gasteiger partial charge < -0.3 is 15.2 Å². The minimum absolute atomic E-state index is 0.175. The van der Waals surface area contributed by atoms with Crippen LogP contribution in [0.3, 0.4) is 0 Å². The number of rotatable bonds is 9. The number of ether oxygens (including phenoxy) is 2. The number of aryl methyl sites for hydroxylation is 1.